The summed E-state index contributed by atoms with van der Waals surface area (Å²) in [6.07, 6.45) is 1.40. The lowest BCUT2D eigenvalue weighted by Crippen LogP contribution is -2.45. The molecule has 2 amide bonds. The van der Waals surface area contributed by atoms with E-state index in [4.69, 9.17) is 22.1 Å². The molecule has 11 heteroatoms. The zero-order chi connectivity index (χ0) is 26.5. The van der Waals surface area contributed by atoms with Gasteiger partial charge < -0.3 is 26.0 Å². The van der Waals surface area contributed by atoms with Crippen LogP contribution in [0.15, 0.2) is 46.4 Å². The van der Waals surface area contributed by atoms with E-state index in [1.807, 2.05) is 38.3 Å². The number of carbonyl (C=O) groups is 2. The van der Waals surface area contributed by atoms with Crippen molar-refractivity contribution in [3.05, 3.63) is 41.4 Å². The molecule has 1 saturated heterocycles. The summed E-state index contributed by atoms with van der Waals surface area (Å²) in [5, 5.41) is 7.52. The molecule has 0 spiro atoms. The highest BCUT2D eigenvalue weighted by Gasteiger charge is 2.23. The number of nitrogens with zero attached hydrogens (tertiary/aromatic N) is 3. The maximum absolute atomic E-state index is 12.4. The molecule has 0 bridgehead atoms. The molecule has 1 fully saturated rings. The number of thiazole rings is 1. The fourth-order valence-corrected chi connectivity index (χ4v) is 4.86. The Bertz CT molecular complexity index is 1150. The summed E-state index contributed by atoms with van der Waals surface area (Å²) in [5.41, 5.74) is 7.88. The van der Waals surface area contributed by atoms with Crippen LogP contribution in [0.2, 0.25) is 0 Å². The van der Waals surface area contributed by atoms with E-state index in [-0.39, 0.29) is 29.5 Å². The number of anilines is 2. The van der Waals surface area contributed by atoms with Crippen LogP contribution >= 0.6 is 22.9 Å². The minimum atomic E-state index is -0.589. The van der Waals surface area contributed by atoms with Gasteiger partial charge in [-0.15, -0.1) is 11.3 Å². The molecular weight excluding hydrogens is 500 g/mol. The van der Waals surface area contributed by atoms with Gasteiger partial charge in [0.2, 0.25) is 5.91 Å². The van der Waals surface area contributed by atoms with Crippen molar-refractivity contribution >= 4 is 50.7 Å². The number of hydrogen-bond donors (Lipinski definition) is 3. The molecule has 2 heterocycles. The summed E-state index contributed by atoms with van der Waals surface area (Å²) in [5.74, 6) is -1.01. The molecule has 2 aromatic rings. The molecule has 1 aromatic carbocycles. The van der Waals surface area contributed by atoms with Gasteiger partial charge in [0.1, 0.15) is 5.17 Å². The van der Waals surface area contributed by atoms with Crippen LogP contribution in [-0.4, -0.2) is 59.4 Å². The highest BCUT2D eigenvalue weighted by Crippen LogP contribution is 2.29. The van der Waals surface area contributed by atoms with Gasteiger partial charge in [0.15, 0.2) is 5.13 Å². The van der Waals surface area contributed by atoms with E-state index in [0.717, 1.165) is 36.2 Å². The van der Waals surface area contributed by atoms with E-state index in [0.29, 0.717) is 5.13 Å². The molecule has 36 heavy (non-hydrogen) atoms. The number of nitrogens with two attached hydrogens (primary N) is 1. The Kier molecular flexibility index (Phi) is 9.10. The van der Waals surface area contributed by atoms with Crippen molar-refractivity contribution in [2.24, 2.45) is 10.7 Å². The second-order valence-corrected chi connectivity index (χ2v) is 10.9. The van der Waals surface area contributed by atoms with Gasteiger partial charge in [-0.05, 0) is 46.8 Å². The molecule has 194 valence electrons. The number of aliphatic imine (C=N–C) groups is 1. The largest absolute Gasteiger partial charge is 0.404 e. The number of aromatic nitrogens is 1. The van der Waals surface area contributed by atoms with Gasteiger partial charge in [-0.25, -0.2) is 4.98 Å². The molecule has 0 aliphatic carbocycles. The number of carbonyl (C=O) groups excluding carboxylic acids is 2. The Morgan fingerprint density at radius 1 is 1.31 bits per heavy atom. The van der Waals surface area contributed by atoms with E-state index >= 15 is 0 Å². The lowest BCUT2D eigenvalue weighted by Gasteiger charge is -2.37. The number of morpholine rings is 1. The van der Waals surface area contributed by atoms with Crippen LogP contribution in [-0.2, 0) is 14.3 Å². The summed E-state index contributed by atoms with van der Waals surface area (Å²) in [7, 11) is 0. The first-order valence-corrected chi connectivity index (χ1v) is 12.9. The first-order valence-electron chi connectivity index (χ1n) is 11.7. The number of rotatable bonds is 7. The van der Waals surface area contributed by atoms with Gasteiger partial charge in [0.05, 0.1) is 35.6 Å². The molecule has 9 nitrogen and oxygen atoms in total. The second-order valence-electron chi connectivity index (χ2n) is 9.64. The second kappa shape index (κ2) is 11.9. The van der Waals surface area contributed by atoms with Crippen LogP contribution in [0.5, 0.6) is 0 Å². The Hall–Kier alpha value is -2.95. The number of hydrogen-bond acceptors (Lipinski definition) is 8. The molecule has 0 unspecified atom stereocenters. The topological polar surface area (TPSA) is 122 Å². The molecule has 1 aliphatic heterocycles. The average molecular weight is 533 g/mol. The van der Waals surface area contributed by atoms with Crippen molar-refractivity contribution in [3.63, 3.8) is 0 Å². The fraction of sp³-hybridized carbons (Fsp3) is 0.440. The number of amides is 2. The van der Waals surface area contributed by atoms with Crippen molar-refractivity contribution in [1.82, 2.24) is 10.3 Å². The molecule has 1 aromatic heterocycles. The van der Waals surface area contributed by atoms with Crippen LogP contribution in [0, 0.1) is 0 Å². The SMILES string of the molecule is C[C@@H]1CN(c2cccc(-c3csc(NC(=O)CNC(=O)C(=CN)C(Cl)=NC(C)(C)C)n3)c2)C[C@H](C)O1. The summed E-state index contributed by atoms with van der Waals surface area (Å²) < 4.78 is 5.84. The predicted octanol–water partition coefficient (Wildman–Crippen LogP) is 3.76. The van der Waals surface area contributed by atoms with Gasteiger partial charge >= 0.3 is 0 Å². The number of ether oxygens (including phenoxy) is 1. The van der Waals surface area contributed by atoms with Crippen molar-refractivity contribution in [3.8, 4) is 11.3 Å². The van der Waals surface area contributed by atoms with E-state index in [1.54, 1.807) is 0 Å². The molecule has 3 rings (SSSR count). The number of halogens is 1. The number of nitrogens with one attached hydrogen (secondary N) is 2. The Labute approximate surface area is 220 Å². The minimum absolute atomic E-state index is 0.000126. The van der Waals surface area contributed by atoms with Crippen LogP contribution in [0.1, 0.15) is 34.6 Å². The van der Waals surface area contributed by atoms with Gasteiger partial charge in [-0.3, -0.25) is 14.6 Å². The fourth-order valence-electron chi connectivity index (χ4n) is 3.73. The van der Waals surface area contributed by atoms with Crippen molar-refractivity contribution < 1.29 is 14.3 Å². The monoisotopic (exact) mass is 532 g/mol. The smallest absolute Gasteiger partial charge is 0.256 e. The lowest BCUT2D eigenvalue weighted by molar-refractivity contribution is -0.121. The van der Waals surface area contributed by atoms with E-state index in [9.17, 15) is 9.59 Å². The third-order valence-corrected chi connectivity index (χ3v) is 6.20. The van der Waals surface area contributed by atoms with E-state index in [2.05, 4.69) is 51.5 Å². The van der Waals surface area contributed by atoms with Crippen molar-refractivity contribution in [2.45, 2.75) is 52.4 Å². The zero-order valence-corrected chi connectivity index (χ0v) is 22.7. The molecule has 0 saturated carbocycles. The normalized spacial score (nSPS) is 19.2. The third kappa shape index (κ3) is 7.78. The van der Waals surface area contributed by atoms with E-state index < -0.39 is 17.4 Å². The third-order valence-electron chi connectivity index (χ3n) is 5.15. The summed E-state index contributed by atoms with van der Waals surface area (Å²) in [6.45, 7) is 11.1. The first kappa shape index (κ1) is 27.6. The molecular formula is C25H33ClN6O3S. The van der Waals surface area contributed by atoms with Gasteiger partial charge in [-0.1, -0.05) is 23.7 Å². The van der Waals surface area contributed by atoms with E-state index in [1.165, 1.54) is 11.3 Å². The zero-order valence-electron chi connectivity index (χ0n) is 21.2. The molecule has 2 atom stereocenters. The maximum Gasteiger partial charge on any atom is 0.256 e. The Morgan fingerprint density at radius 3 is 2.64 bits per heavy atom. The van der Waals surface area contributed by atoms with Crippen LogP contribution < -0.4 is 21.3 Å². The number of benzene rings is 1. The average Bonchev–Trinajstić information content (AvgIpc) is 3.25. The first-order chi connectivity index (χ1) is 16.9. The molecule has 1 aliphatic rings. The van der Waals surface area contributed by atoms with Gasteiger partial charge in [0, 0.05) is 35.9 Å². The lowest BCUT2D eigenvalue weighted by atomic mass is 10.1. The van der Waals surface area contributed by atoms with Crippen LogP contribution in [0.4, 0.5) is 10.8 Å². The summed E-state index contributed by atoms with van der Waals surface area (Å²) in [6, 6.07) is 8.16. The quantitative estimate of drug-likeness (QED) is 0.368. The van der Waals surface area contributed by atoms with Crippen molar-refractivity contribution in [1.29, 1.82) is 0 Å². The minimum Gasteiger partial charge on any atom is -0.404 e. The van der Waals surface area contributed by atoms with Gasteiger partial charge in [0.25, 0.3) is 5.91 Å². The van der Waals surface area contributed by atoms with Crippen LogP contribution in [0.3, 0.4) is 0 Å². The highest BCUT2D eigenvalue weighted by molar-refractivity contribution is 7.14. The standard InChI is InChI=1S/C25H33ClN6O3S/c1-15-12-32(13-16(2)35-15)18-8-6-7-17(9-18)20-14-36-24(29-20)30-21(33)11-28-23(34)19(10-27)22(26)31-25(3,4)5/h6-10,14-16H,11-13,27H2,1-5H3,(H,28,34)(H,29,30,33)/t15-,16+. The highest BCUT2D eigenvalue weighted by atomic mass is 35.5. The summed E-state index contributed by atoms with van der Waals surface area (Å²) in [4.78, 5) is 35.9. The summed E-state index contributed by atoms with van der Waals surface area (Å²) >= 11 is 7.44. The van der Waals surface area contributed by atoms with Crippen LogP contribution in [0.25, 0.3) is 11.3 Å². The molecule has 0 radical (unpaired) electrons. The van der Waals surface area contributed by atoms with Gasteiger partial charge in [-0.2, -0.15) is 0 Å². The Balaban J connectivity index is 1.59. The van der Waals surface area contributed by atoms with Crippen molar-refractivity contribution in [2.75, 3.05) is 29.9 Å². The molecule has 4 N–H and O–H groups in total. The maximum atomic E-state index is 12.4. The Morgan fingerprint density at radius 2 is 2.00 bits per heavy atom. The predicted molar refractivity (Wildman–Crippen MR) is 147 cm³/mol.